The summed E-state index contributed by atoms with van der Waals surface area (Å²) in [6, 6.07) is 12.3. The van der Waals surface area contributed by atoms with Gasteiger partial charge in [0.2, 0.25) is 11.8 Å². The Morgan fingerprint density at radius 3 is 1.68 bits per heavy atom. The molecule has 0 spiro atoms. The van der Waals surface area contributed by atoms with Crippen LogP contribution in [-0.2, 0) is 49.6 Å². The second-order valence-corrected chi connectivity index (χ2v) is 19.1. The summed E-state index contributed by atoms with van der Waals surface area (Å²) < 4.78 is 6.49. The fourth-order valence-corrected chi connectivity index (χ4v) is 10.7. The molecular formula is C44H48Br4N8O9. The van der Waals surface area contributed by atoms with E-state index in [1.807, 2.05) is 29.2 Å². The van der Waals surface area contributed by atoms with E-state index in [2.05, 4.69) is 89.1 Å². The van der Waals surface area contributed by atoms with E-state index in [-0.39, 0.29) is 35.8 Å². The van der Waals surface area contributed by atoms with Gasteiger partial charge in [0, 0.05) is 44.0 Å². The van der Waals surface area contributed by atoms with Gasteiger partial charge in [-0.3, -0.25) is 24.4 Å². The maximum atomic E-state index is 12.8. The van der Waals surface area contributed by atoms with E-state index in [1.54, 1.807) is 46.5 Å². The van der Waals surface area contributed by atoms with Crippen LogP contribution in [0, 0.1) is 0 Å². The molecule has 8 rings (SSSR count). The monoisotopic (exact) mass is 1150 g/mol. The summed E-state index contributed by atoms with van der Waals surface area (Å²) in [7, 11) is 1.30. The standard InChI is InChI=1S/C22H22Br2N4O5.C12H15N3O.C10H11Br2NO3/c23-14-8-12(9-15(24)20(14)30)10-17(21(31)32)26-22(33)27-6-3-13(4-7-27)28-18-2-1-5-25-16(18)11-19(28)29;16-12-8-10-11(2-1-5-14-10)15(12)9-3-6-13-7-4-9;1-16-10(15)8(13)4-5-2-6(11)9(14)7(12)3-5/h1-2,5,8-9,13,17,30H,3-4,6-7,10-11H2,(H,26,33)(H,31,32);1-2,5,9,13H,3-4,6-8H2;2-3,8,14H,4,13H2,1H3/t17-;;8-/m1.1/s1. The molecule has 6 heterocycles. The molecule has 4 aromatic rings. The van der Waals surface area contributed by atoms with Crippen LogP contribution in [0.2, 0.25) is 0 Å². The number of ether oxygens (including phenoxy) is 1. The first-order valence-corrected chi connectivity index (χ1v) is 23.9. The van der Waals surface area contributed by atoms with Crippen molar-refractivity contribution in [1.82, 2.24) is 25.5 Å². The molecule has 2 aromatic heterocycles. The maximum Gasteiger partial charge on any atom is 0.326 e. The molecule has 4 aliphatic rings. The number of amides is 4. The second-order valence-electron chi connectivity index (χ2n) is 15.7. The molecule has 2 saturated heterocycles. The molecule has 65 heavy (non-hydrogen) atoms. The van der Waals surface area contributed by atoms with Gasteiger partial charge >= 0.3 is 18.0 Å². The third-order valence-electron chi connectivity index (χ3n) is 11.4. The van der Waals surface area contributed by atoms with Crippen LogP contribution in [0.3, 0.4) is 0 Å². The third kappa shape index (κ3) is 12.4. The number of benzene rings is 2. The third-order valence-corrected chi connectivity index (χ3v) is 13.8. The SMILES string of the molecule is COC(=O)[C@H](N)Cc1cc(Br)c(O)c(Br)c1.O=C(O)[C@@H](Cc1cc(Br)c(O)c(Br)c1)NC(=O)N1CCC(N2C(=O)Cc3ncccc32)CC1.O=C1Cc2ncccc2N1C1CCNCC1. The van der Waals surface area contributed by atoms with E-state index in [0.29, 0.717) is 74.7 Å². The van der Waals surface area contributed by atoms with Gasteiger partial charge in [0.25, 0.3) is 0 Å². The van der Waals surface area contributed by atoms with Crippen LogP contribution in [0.25, 0.3) is 0 Å². The molecular weight excluding hydrogens is 1100 g/mol. The van der Waals surface area contributed by atoms with Crippen molar-refractivity contribution in [2.24, 2.45) is 5.73 Å². The minimum absolute atomic E-state index is 0.0174. The minimum atomic E-state index is -1.15. The Balaban J connectivity index is 0.000000182. The lowest BCUT2D eigenvalue weighted by atomic mass is 10.0. The van der Waals surface area contributed by atoms with E-state index in [4.69, 9.17) is 5.73 Å². The summed E-state index contributed by atoms with van der Waals surface area (Å²) in [6.07, 6.45) is 7.90. The highest BCUT2D eigenvalue weighted by atomic mass is 79.9. The number of phenols is 2. The number of nitrogens with two attached hydrogens (primary N) is 1. The number of aromatic hydroxyl groups is 2. The van der Waals surface area contributed by atoms with Crippen LogP contribution >= 0.6 is 63.7 Å². The van der Waals surface area contributed by atoms with Gasteiger partial charge in [-0.15, -0.1) is 0 Å². The van der Waals surface area contributed by atoms with E-state index < -0.39 is 30.1 Å². The summed E-state index contributed by atoms with van der Waals surface area (Å²) in [4.78, 5) is 74.1. The Labute approximate surface area is 409 Å². The first-order chi connectivity index (χ1) is 31.1. The number of pyridine rings is 2. The van der Waals surface area contributed by atoms with Crippen molar-refractivity contribution in [1.29, 1.82) is 0 Å². The Kier molecular flexibility index (Phi) is 17.4. The average Bonchev–Trinajstić information content (AvgIpc) is 3.82. The fraction of sp³-hybridized carbons (Fsp3) is 0.386. The number of anilines is 2. The van der Waals surface area contributed by atoms with E-state index >= 15 is 0 Å². The van der Waals surface area contributed by atoms with Gasteiger partial charge < -0.3 is 51.1 Å². The van der Waals surface area contributed by atoms with Gasteiger partial charge in [-0.2, -0.15) is 0 Å². The lowest BCUT2D eigenvalue weighted by Crippen LogP contribution is -2.53. The van der Waals surface area contributed by atoms with Gasteiger partial charge in [0.15, 0.2) is 0 Å². The van der Waals surface area contributed by atoms with E-state index in [9.17, 15) is 39.3 Å². The van der Waals surface area contributed by atoms with Crippen molar-refractivity contribution < 1.29 is 44.0 Å². The Bertz CT molecular complexity index is 2370. The highest BCUT2D eigenvalue weighted by Crippen LogP contribution is 2.36. The molecule has 21 heteroatoms. The van der Waals surface area contributed by atoms with Gasteiger partial charge in [0.1, 0.15) is 23.6 Å². The highest BCUT2D eigenvalue weighted by Gasteiger charge is 2.37. The van der Waals surface area contributed by atoms with Crippen molar-refractivity contribution in [3.63, 3.8) is 0 Å². The van der Waals surface area contributed by atoms with E-state index in [1.165, 1.54) is 7.11 Å². The number of hydrogen-bond acceptors (Lipinski definition) is 12. The number of nitrogens with zero attached hydrogens (tertiary/aromatic N) is 5. The van der Waals surface area contributed by atoms with Crippen molar-refractivity contribution in [3.05, 3.63) is 101 Å². The first kappa shape index (κ1) is 49.8. The summed E-state index contributed by atoms with van der Waals surface area (Å²) in [6.45, 7) is 2.84. The number of rotatable bonds is 9. The number of carboxylic acid groups (broad SMARTS) is 1. The van der Waals surface area contributed by atoms with Crippen molar-refractivity contribution >= 4 is 105 Å². The van der Waals surface area contributed by atoms with Gasteiger partial charge in [-0.25, -0.2) is 9.59 Å². The van der Waals surface area contributed by atoms with Gasteiger partial charge in [-0.05, 0) is 169 Å². The number of phenolic OH excluding ortho intramolecular Hbond substituents is 2. The Morgan fingerprint density at radius 1 is 0.785 bits per heavy atom. The molecule has 2 atom stereocenters. The number of aliphatic carboxylic acids is 1. The zero-order valence-electron chi connectivity index (χ0n) is 35.2. The number of methoxy groups -OCH3 is 1. The van der Waals surface area contributed by atoms with Gasteiger partial charge in [0.05, 0.1) is 60.6 Å². The molecule has 0 radical (unpaired) electrons. The number of piperidine rings is 2. The predicted octanol–water partition coefficient (Wildman–Crippen LogP) is 5.75. The molecule has 2 fully saturated rings. The molecule has 17 nitrogen and oxygen atoms in total. The lowest BCUT2D eigenvalue weighted by Gasteiger charge is -2.37. The quantitative estimate of drug-likeness (QED) is 0.110. The van der Waals surface area contributed by atoms with Crippen LogP contribution in [0.4, 0.5) is 16.2 Å². The summed E-state index contributed by atoms with van der Waals surface area (Å²) >= 11 is 12.9. The average molecular weight is 1150 g/mol. The fourth-order valence-electron chi connectivity index (χ4n) is 8.12. The number of carbonyl (C=O) groups is 5. The van der Waals surface area contributed by atoms with Crippen LogP contribution in [-0.4, -0.2) is 117 Å². The number of hydrogen-bond donors (Lipinski definition) is 6. The van der Waals surface area contributed by atoms with Gasteiger partial charge in [-0.1, -0.05) is 0 Å². The maximum absolute atomic E-state index is 12.8. The molecule has 2 aromatic carbocycles. The number of urea groups is 1. The molecule has 4 aliphatic heterocycles. The molecule has 4 amide bonds. The Hall–Kier alpha value is -4.67. The zero-order chi connectivity index (χ0) is 46.9. The number of nitrogens with one attached hydrogen (secondary N) is 2. The largest absolute Gasteiger partial charge is 0.506 e. The summed E-state index contributed by atoms with van der Waals surface area (Å²) in [5.41, 5.74) is 10.7. The van der Waals surface area contributed by atoms with E-state index in [0.717, 1.165) is 54.3 Å². The second kappa shape index (κ2) is 22.7. The molecule has 0 bridgehead atoms. The number of carboxylic acids is 1. The van der Waals surface area contributed by atoms with Crippen molar-refractivity contribution in [2.75, 3.05) is 43.1 Å². The minimum Gasteiger partial charge on any atom is -0.506 e. The number of esters is 1. The Morgan fingerprint density at radius 2 is 1.23 bits per heavy atom. The number of aromatic nitrogens is 2. The number of fused-ring (bicyclic) bond motifs is 2. The van der Waals surface area contributed by atoms with Crippen LogP contribution in [0.1, 0.15) is 48.2 Å². The normalized spacial score (nSPS) is 16.9. The predicted molar refractivity (Wildman–Crippen MR) is 256 cm³/mol. The summed E-state index contributed by atoms with van der Waals surface area (Å²) in [5.74, 6) is -1.24. The topological polar surface area (TPSA) is 241 Å². The molecule has 346 valence electrons. The number of likely N-dealkylation sites (tertiary alicyclic amines) is 1. The summed E-state index contributed by atoms with van der Waals surface area (Å²) in [5, 5.41) is 34.9. The van der Waals surface area contributed by atoms with Crippen LogP contribution < -0.4 is 26.2 Å². The molecule has 0 saturated carbocycles. The number of halogens is 4. The smallest absolute Gasteiger partial charge is 0.326 e. The molecule has 7 N–H and O–H groups in total. The zero-order valence-corrected chi connectivity index (χ0v) is 41.5. The van der Waals surface area contributed by atoms with Crippen molar-refractivity contribution in [3.8, 4) is 11.5 Å². The highest BCUT2D eigenvalue weighted by molar-refractivity contribution is 9.11. The van der Waals surface area contributed by atoms with Crippen LogP contribution in [0.5, 0.6) is 11.5 Å². The molecule has 0 unspecified atom stereocenters. The lowest BCUT2D eigenvalue weighted by molar-refractivity contribution is -0.142. The van der Waals surface area contributed by atoms with Crippen molar-refractivity contribution in [2.45, 2.75) is 75.5 Å². The molecule has 0 aliphatic carbocycles. The first-order valence-electron chi connectivity index (χ1n) is 20.7. The van der Waals surface area contributed by atoms with Crippen LogP contribution in [0.15, 0.2) is 78.8 Å². The number of carbonyl (C=O) groups excluding carboxylic acids is 4.